The molecule has 5 heteroatoms. The summed E-state index contributed by atoms with van der Waals surface area (Å²) < 4.78 is 0. The number of phenols is 1. The number of hydrazone groups is 1. The second-order valence-electron chi connectivity index (χ2n) is 3.53. The molecular weight excluding hydrogens is 230 g/mol. The Bertz CT molecular complexity index is 550. The summed E-state index contributed by atoms with van der Waals surface area (Å²) in [4.78, 5) is 15.4. The maximum Gasteiger partial charge on any atom is 0.272 e. The van der Waals surface area contributed by atoms with E-state index in [1.54, 1.807) is 42.6 Å². The van der Waals surface area contributed by atoms with Gasteiger partial charge >= 0.3 is 0 Å². The van der Waals surface area contributed by atoms with Gasteiger partial charge in [-0.05, 0) is 42.0 Å². The molecule has 1 amide bonds. The van der Waals surface area contributed by atoms with Crippen molar-refractivity contribution in [3.63, 3.8) is 0 Å². The highest BCUT2D eigenvalue weighted by Gasteiger charge is 2.02. The minimum absolute atomic E-state index is 0.187. The zero-order chi connectivity index (χ0) is 12.8. The summed E-state index contributed by atoms with van der Waals surface area (Å²) >= 11 is 0. The smallest absolute Gasteiger partial charge is 0.272 e. The van der Waals surface area contributed by atoms with Crippen LogP contribution in [-0.4, -0.2) is 22.2 Å². The molecule has 0 aliphatic heterocycles. The van der Waals surface area contributed by atoms with Gasteiger partial charge in [-0.25, -0.2) is 5.43 Å². The number of pyridine rings is 1. The molecule has 0 saturated heterocycles. The number of benzene rings is 1. The number of hydrogen-bond acceptors (Lipinski definition) is 4. The van der Waals surface area contributed by atoms with Gasteiger partial charge in [-0.1, -0.05) is 0 Å². The average molecular weight is 241 g/mol. The SMILES string of the molecule is O=C(N/N=C\c1ccc(O)cc1)c1cccnc1. The van der Waals surface area contributed by atoms with Crippen LogP contribution < -0.4 is 5.43 Å². The summed E-state index contributed by atoms with van der Waals surface area (Å²) in [6.45, 7) is 0. The molecule has 1 heterocycles. The zero-order valence-corrected chi connectivity index (χ0v) is 9.45. The van der Waals surface area contributed by atoms with Gasteiger partial charge in [-0.15, -0.1) is 0 Å². The van der Waals surface area contributed by atoms with Crippen LogP contribution >= 0.6 is 0 Å². The first-order valence-electron chi connectivity index (χ1n) is 5.28. The van der Waals surface area contributed by atoms with Gasteiger partial charge in [0.05, 0.1) is 11.8 Å². The molecule has 0 spiro atoms. The third-order valence-corrected chi connectivity index (χ3v) is 2.20. The Labute approximate surface area is 104 Å². The molecule has 0 aliphatic carbocycles. The van der Waals surface area contributed by atoms with Gasteiger partial charge in [0.15, 0.2) is 0 Å². The number of aromatic nitrogens is 1. The summed E-state index contributed by atoms with van der Waals surface area (Å²) in [7, 11) is 0. The molecular formula is C13H11N3O2. The fraction of sp³-hybridized carbons (Fsp3) is 0. The Kier molecular flexibility index (Phi) is 3.66. The lowest BCUT2D eigenvalue weighted by molar-refractivity contribution is 0.0955. The van der Waals surface area contributed by atoms with Crippen LogP contribution in [0.25, 0.3) is 0 Å². The largest absolute Gasteiger partial charge is 0.508 e. The maximum atomic E-state index is 11.6. The summed E-state index contributed by atoms with van der Waals surface area (Å²) in [6, 6.07) is 9.80. The minimum Gasteiger partial charge on any atom is -0.508 e. The van der Waals surface area contributed by atoms with E-state index in [1.165, 1.54) is 12.4 Å². The van der Waals surface area contributed by atoms with E-state index in [4.69, 9.17) is 5.11 Å². The molecule has 2 aromatic rings. The molecule has 0 radical (unpaired) electrons. The van der Waals surface area contributed by atoms with Crippen molar-refractivity contribution in [3.8, 4) is 5.75 Å². The van der Waals surface area contributed by atoms with E-state index < -0.39 is 0 Å². The predicted octanol–water partition coefficient (Wildman–Crippen LogP) is 1.55. The van der Waals surface area contributed by atoms with E-state index in [9.17, 15) is 4.79 Å². The van der Waals surface area contributed by atoms with E-state index >= 15 is 0 Å². The Morgan fingerprint density at radius 1 is 1.28 bits per heavy atom. The van der Waals surface area contributed by atoms with E-state index in [-0.39, 0.29) is 11.7 Å². The molecule has 90 valence electrons. The average Bonchev–Trinajstić information content (AvgIpc) is 2.42. The Morgan fingerprint density at radius 2 is 2.06 bits per heavy atom. The van der Waals surface area contributed by atoms with Crippen molar-refractivity contribution in [2.24, 2.45) is 5.10 Å². The molecule has 0 bridgehead atoms. The number of nitrogens with one attached hydrogen (secondary N) is 1. The fourth-order valence-corrected chi connectivity index (χ4v) is 1.29. The number of rotatable bonds is 3. The molecule has 1 aromatic heterocycles. The minimum atomic E-state index is -0.321. The van der Waals surface area contributed by atoms with Crippen LogP contribution in [-0.2, 0) is 0 Å². The van der Waals surface area contributed by atoms with Crippen molar-refractivity contribution in [3.05, 3.63) is 59.9 Å². The Balaban J connectivity index is 1.96. The molecule has 1 aromatic carbocycles. The number of nitrogens with zero attached hydrogens (tertiary/aromatic N) is 2. The summed E-state index contributed by atoms with van der Waals surface area (Å²) in [5, 5.41) is 12.9. The van der Waals surface area contributed by atoms with E-state index in [2.05, 4.69) is 15.5 Å². The third-order valence-electron chi connectivity index (χ3n) is 2.20. The summed E-state index contributed by atoms with van der Waals surface area (Å²) in [5.41, 5.74) is 3.61. The summed E-state index contributed by atoms with van der Waals surface area (Å²) in [5.74, 6) is -0.135. The van der Waals surface area contributed by atoms with Crippen LogP contribution in [0, 0.1) is 0 Å². The van der Waals surface area contributed by atoms with Gasteiger partial charge < -0.3 is 5.11 Å². The van der Waals surface area contributed by atoms with Crippen LogP contribution in [0.5, 0.6) is 5.75 Å². The van der Waals surface area contributed by atoms with Crippen molar-refractivity contribution in [2.75, 3.05) is 0 Å². The fourth-order valence-electron chi connectivity index (χ4n) is 1.29. The number of carbonyl (C=O) groups excluding carboxylic acids is 1. The lowest BCUT2D eigenvalue weighted by Crippen LogP contribution is -2.17. The Morgan fingerprint density at radius 3 is 2.72 bits per heavy atom. The topological polar surface area (TPSA) is 74.6 Å². The normalized spacial score (nSPS) is 10.4. The molecule has 2 N–H and O–H groups in total. The molecule has 2 rings (SSSR count). The summed E-state index contributed by atoms with van der Waals surface area (Å²) in [6.07, 6.45) is 4.55. The Hall–Kier alpha value is -2.69. The number of hydrogen-bond donors (Lipinski definition) is 2. The lowest BCUT2D eigenvalue weighted by atomic mass is 10.2. The van der Waals surface area contributed by atoms with E-state index in [1.807, 2.05) is 0 Å². The quantitative estimate of drug-likeness (QED) is 0.632. The van der Waals surface area contributed by atoms with Gasteiger partial charge in [-0.2, -0.15) is 5.10 Å². The van der Waals surface area contributed by atoms with Crippen molar-refractivity contribution in [2.45, 2.75) is 0 Å². The third kappa shape index (κ3) is 3.15. The maximum absolute atomic E-state index is 11.6. The molecule has 0 unspecified atom stereocenters. The molecule has 5 nitrogen and oxygen atoms in total. The van der Waals surface area contributed by atoms with Gasteiger partial charge in [0.1, 0.15) is 5.75 Å². The number of amides is 1. The van der Waals surface area contributed by atoms with Crippen LogP contribution in [0.1, 0.15) is 15.9 Å². The zero-order valence-electron chi connectivity index (χ0n) is 9.45. The van der Waals surface area contributed by atoms with Crippen molar-refractivity contribution in [1.29, 1.82) is 0 Å². The van der Waals surface area contributed by atoms with Gasteiger partial charge in [0.25, 0.3) is 5.91 Å². The van der Waals surface area contributed by atoms with E-state index in [0.29, 0.717) is 5.56 Å². The van der Waals surface area contributed by atoms with Crippen molar-refractivity contribution >= 4 is 12.1 Å². The highest BCUT2D eigenvalue weighted by atomic mass is 16.3. The molecule has 0 aliphatic rings. The van der Waals surface area contributed by atoms with Crippen molar-refractivity contribution in [1.82, 2.24) is 10.4 Å². The monoisotopic (exact) mass is 241 g/mol. The first-order valence-corrected chi connectivity index (χ1v) is 5.28. The second kappa shape index (κ2) is 5.58. The first-order chi connectivity index (χ1) is 8.75. The highest BCUT2D eigenvalue weighted by molar-refractivity contribution is 5.94. The highest BCUT2D eigenvalue weighted by Crippen LogP contribution is 2.07. The van der Waals surface area contributed by atoms with Crippen LogP contribution in [0.4, 0.5) is 0 Å². The molecule has 18 heavy (non-hydrogen) atoms. The molecule has 0 fully saturated rings. The van der Waals surface area contributed by atoms with Crippen LogP contribution in [0.2, 0.25) is 0 Å². The standard InChI is InChI=1S/C13H11N3O2/c17-12-5-3-10(4-6-12)8-15-16-13(18)11-2-1-7-14-9-11/h1-9,17H,(H,16,18)/b15-8-. The number of aromatic hydroxyl groups is 1. The lowest BCUT2D eigenvalue weighted by Gasteiger charge is -1.98. The van der Waals surface area contributed by atoms with Gasteiger partial charge in [-0.3, -0.25) is 9.78 Å². The predicted molar refractivity (Wildman–Crippen MR) is 67.4 cm³/mol. The first kappa shape index (κ1) is 11.8. The number of carbonyl (C=O) groups is 1. The van der Waals surface area contributed by atoms with Gasteiger partial charge in [0.2, 0.25) is 0 Å². The van der Waals surface area contributed by atoms with E-state index in [0.717, 1.165) is 5.56 Å². The van der Waals surface area contributed by atoms with Crippen LogP contribution in [0.15, 0.2) is 53.9 Å². The molecule has 0 atom stereocenters. The van der Waals surface area contributed by atoms with Gasteiger partial charge in [0, 0.05) is 12.4 Å². The second-order valence-corrected chi connectivity index (χ2v) is 3.53. The number of phenolic OH excluding ortho intramolecular Hbond substituents is 1. The molecule has 0 saturated carbocycles. The van der Waals surface area contributed by atoms with Crippen LogP contribution in [0.3, 0.4) is 0 Å². The van der Waals surface area contributed by atoms with Crippen molar-refractivity contribution < 1.29 is 9.90 Å².